The highest BCUT2D eigenvalue weighted by Gasteiger charge is 1.98. The van der Waals surface area contributed by atoms with Crippen LogP contribution in [0, 0.1) is 11.3 Å². The number of hydrogen-bond donors (Lipinski definition) is 1. The highest BCUT2D eigenvalue weighted by atomic mass is 16.1. The van der Waals surface area contributed by atoms with Crippen LogP contribution in [0.25, 0.3) is 0 Å². The fourth-order valence-corrected chi connectivity index (χ4v) is 0.565. The third-order valence-corrected chi connectivity index (χ3v) is 1.04. The van der Waals surface area contributed by atoms with Gasteiger partial charge in [-0.15, -0.1) is 0 Å². The minimum absolute atomic E-state index is 0.150. The predicted octanol–water partition coefficient (Wildman–Crippen LogP) is 2.30. The fraction of sp³-hybridized carbons (Fsp3) is 0.273. The molecule has 14 heavy (non-hydrogen) atoms. The van der Waals surface area contributed by atoms with Gasteiger partial charge in [0, 0.05) is 5.70 Å². The number of hydrogen-bond acceptors (Lipinski definition) is 2. The van der Waals surface area contributed by atoms with Crippen molar-refractivity contribution in [1.29, 1.82) is 5.26 Å². The van der Waals surface area contributed by atoms with Crippen LogP contribution in [0.15, 0.2) is 37.1 Å². The molecular weight excluding hydrogens is 176 g/mol. The van der Waals surface area contributed by atoms with Crippen LogP contribution in [0.4, 0.5) is 0 Å². The first kappa shape index (κ1) is 14.7. The Labute approximate surface area is 85.4 Å². The zero-order chi connectivity index (χ0) is 11.4. The van der Waals surface area contributed by atoms with Gasteiger partial charge in [-0.3, -0.25) is 4.79 Å². The van der Waals surface area contributed by atoms with Crippen molar-refractivity contribution in [2.24, 2.45) is 0 Å². The van der Waals surface area contributed by atoms with Crippen molar-refractivity contribution in [2.75, 3.05) is 0 Å². The second kappa shape index (κ2) is 11.2. The predicted molar refractivity (Wildman–Crippen MR) is 58.2 cm³/mol. The van der Waals surface area contributed by atoms with Gasteiger partial charge in [0.25, 0.3) is 0 Å². The molecule has 3 nitrogen and oxygen atoms in total. The maximum atomic E-state index is 10.8. The van der Waals surface area contributed by atoms with Crippen molar-refractivity contribution in [3.05, 3.63) is 37.1 Å². The van der Waals surface area contributed by atoms with Crippen LogP contribution >= 0.6 is 0 Å². The molecule has 1 N–H and O–H groups in total. The summed E-state index contributed by atoms with van der Waals surface area (Å²) in [5.41, 5.74) is 0.547. The Hall–Kier alpha value is -1.82. The van der Waals surface area contributed by atoms with Crippen LogP contribution in [-0.4, -0.2) is 5.91 Å². The van der Waals surface area contributed by atoms with Gasteiger partial charge in [-0.25, -0.2) is 0 Å². The Morgan fingerprint density at radius 3 is 2.43 bits per heavy atom. The summed E-state index contributed by atoms with van der Waals surface area (Å²) in [6, 6.07) is 1.74. The van der Waals surface area contributed by atoms with Crippen LogP contribution in [0.3, 0.4) is 0 Å². The highest BCUT2D eigenvalue weighted by Crippen LogP contribution is 1.91. The quantitative estimate of drug-likeness (QED) is 0.695. The molecule has 0 aliphatic heterocycles. The van der Waals surface area contributed by atoms with E-state index in [0.29, 0.717) is 5.70 Å². The molecule has 0 rings (SSSR count). The van der Waals surface area contributed by atoms with Crippen molar-refractivity contribution in [3.8, 4) is 6.07 Å². The summed E-state index contributed by atoms with van der Waals surface area (Å²) in [6.45, 7) is 10.9. The summed E-state index contributed by atoms with van der Waals surface area (Å²) >= 11 is 0. The Bertz CT molecular complexity index is 259. The monoisotopic (exact) mass is 192 g/mol. The molecule has 0 spiro atoms. The molecule has 0 saturated carbocycles. The first-order valence-corrected chi connectivity index (χ1v) is 4.36. The zero-order valence-electron chi connectivity index (χ0n) is 8.71. The Kier molecular flexibility index (Phi) is 11.7. The van der Waals surface area contributed by atoms with Crippen LogP contribution in [0.1, 0.15) is 20.3 Å². The molecule has 76 valence electrons. The van der Waals surface area contributed by atoms with Crippen LogP contribution in [0.5, 0.6) is 0 Å². The van der Waals surface area contributed by atoms with Gasteiger partial charge in [0.15, 0.2) is 0 Å². The molecule has 0 saturated heterocycles. The van der Waals surface area contributed by atoms with Gasteiger partial charge in [-0.2, -0.15) is 5.26 Å². The van der Waals surface area contributed by atoms with E-state index in [0.717, 1.165) is 0 Å². The third kappa shape index (κ3) is 8.28. The highest BCUT2D eigenvalue weighted by molar-refractivity contribution is 5.80. The number of rotatable bonds is 4. The van der Waals surface area contributed by atoms with Crippen molar-refractivity contribution < 1.29 is 4.79 Å². The van der Waals surface area contributed by atoms with E-state index in [4.69, 9.17) is 5.26 Å². The van der Waals surface area contributed by atoms with Gasteiger partial charge < -0.3 is 5.32 Å². The SMILES string of the molecule is C=C/C=C(\C=C)NC(=O)CC#N.CC. The van der Waals surface area contributed by atoms with E-state index in [1.165, 1.54) is 12.2 Å². The van der Waals surface area contributed by atoms with Gasteiger partial charge in [0.2, 0.25) is 5.91 Å². The lowest BCUT2D eigenvalue weighted by Gasteiger charge is -2.00. The van der Waals surface area contributed by atoms with Gasteiger partial charge in [0.05, 0.1) is 6.07 Å². The van der Waals surface area contributed by atoms with Gasteiger partial charge >= 0.3 is 0 Å². The topological polar surface area (TPSA) is 52.9 Å². The maximum absolute atomic E-state index is 10.8. The molecule has 3 heteroatoms. The number of nitrogens with zero attached hydrogens (tertiary/aromatic N) is 1. The van der Waals surface area contributed by atoms with Crippen molar-refractivity contribution in [1.82, 2.24) is 5.32 Å². The van der Waals surface area contributed by atoms with E-state index in [-0.39, 0.29) is 12.3 Å². The lowest BCUT2D eigenvalue weighted by Crippen LogP contribution is -2.20. The number of allylic oxidation sites excluding steroid dienone is 3. The summed E-state index contributed by atoms with van der Waals surface area (Å²) in [5.74, 6) is -0.342. The Morgan fingerprint density at radius 1 is 1.50 bits per heavy atom. The number of nitriles is 1. The molecule has 0 radical (unpaired) electrons. The van der Waals surface area contributed by atoms with Crippen LogP contribution < -0.4 is 5.32 Å². The minimum atomic E-state index is -0.342. The number of carbonyl (C=O) groups is 1. The average Bonchev–Trinajstić information content (AvgIpc) is 2.20. The summed E-state index contributed by atoms with van der Waals surface area (Å²) in [4.78, 5) is 10.8. The van der Waals surface area contributed by atoms with Crippen molar-refractivity contribution >= 4 is 5.91 Å². The van der Waals surface area contributed by atoms with E-state index in [2.05, 4.69) is 18.5 Å². The largest absolute Gasteiger partial charge is 0.325 e. The second-order valence-electron chi connectivity index (χ2n) is 1.94. The van der Waals surface area contributed by atoms with Crippen molar-refractivity contribution in [2.45, 2.75) is 20.3 Å². The van der Waals surface area contributed by atoms with E-state index >= 15 is 0 Å². The normalized spacial score (nSPS) is 8.79. The van der Waals surface area contributed by atoms with Gasteiger partial charge in [-0.1, -0.05) is 33.1 Å². The summed E-state index contributed by atoms with van der Waals surface area (Å²) in [7, 11) is 0. The minimum Gasteiger partial charge on any atom is -0.325 e. The molecule has 0 bridgehead atoms. The average molecular weight is 192 g/mol. The second-order valence-corrected chi connectivity index (χ2v) is 1.94. The molecular formula is C11H16N2O. The van der Waals surface area contributed by atoms with Gasteiger partial charge in [-0.05, 0) is 12.2 Å². The molecule has 0 heterocycles. The maximum Gasteiger partial charge on any atom is 0.238 e. The first-order valence-electron chi connectivity index (χ1n) is 4.36. The lowest BCUT2D eigenvalue weighted by atomic mass is 10.3. The van der Waals surface area contributed by atoms with E-state index in [9.17, 15) is 4.79 Å². The standard InChI is InChI=1S/C9H10N2O.C2H6/c1-3-5-8(4-2)11-9(12)6-7-10;1-2/h3-5H,1-2,6H2,(H,11,12);1-2H3/b8-5+;. The number of carbonyl (C=O) groups excluding carboxylic acids is 1. The fourth-order valence-electron chi connectivity index (χ4n) is 0.565. The Balaban J connectivity index is 0. The zero-order valence-corrected chi connectivity index (χ0v) is 8.71. The number of amides is 1. The Morgan fingerprint density at radius 2 is 2.07 bits per heavy atom. The molecule has 0 unspecified atom stereocenters. The third-order valence-electron chi connectivity index (χ3n) is 1.04. The molecule has 0 aromatic carbocycles. The smallest absolute Gasteiger partial charge is 0.238 e. The molecule has 0 aliphatic rings. The molecule has 0 aromatic heterocycles. The molecule has 0 atom stereocenters. The molecule has 1 amide bonds. The summed E-state index contributed by atoms with van der Waals surface area (Å²) < 4.78 is 0. The van der Waals surface area contributed by atoms with E-state index in [1.807, 2.05) is 13.8 Å². The summed E-state index contributed by atoms with van der Waals surface area (Å²) in [6.07, 6.45) is 4.46. The molecule has 0 aliphatic carbocycles. The van der Waals surface area contributed by atoms with Gasteiger partial charge in [0.1, 0.15) is 6.42 Å². The first-order chi connectivity index (χ1) is 6.74. The molecule has 0 aromatic rings. The summed E-state index contributed by atoms with van der Waals surface area (Å²) in [5, 5.41) is 10.7. The van der Waals surface area contributed by atoms with E-state index < -0.39 is 0 Å². The van der Waals surface area contributed by atoms with E-state index in [1.54, 1.807) is 12.1 Å². The van der Waals surface area contributed by atoms with Crippen LogP contribution in [-0.2, 0) is 4.79 Å². The number of nitrogens with one attached hydrogen (secondary N) is 1. The lowest BCUT2D eigenvalue weighted by molar-refractivity contribution is -0.119. The van der Waals surface area contributed by atoms with Crippen molar-refractivity contribution in [3.63, 3.8) is 0 Å². The molecule has 0 fully saturated rings. The van der Waals surface area contributed by atoms with Crippen LogP contribution in [0.2, 0.25) is 0 Å².